The van der Waals surface area contributed by atoms with Gasteiger partial charge < -0.3 is 10.1 Å². The lowest BCUT2D eigenvalue weighted by molar-refractivity contribution is 0.141. The second-order valence-corrected chi connectivity index (χ2v) is 3.81. The molecule has 0 spiro atoms. The van der Waals surface area contributed by atoms with Gasteiger partial charge in [-0.3, -0.25) is 0 Å². The molecule has 0 bridgehead atoms. The standard InChI is InChI=1S/C10H20FNO/c1-13-8-10(7-11)12-9-5-3-2-4-6-9/h9-10,12H,2-8H2,1H3. The molecule has 1 aliphatic rings. The van der Waals surface area contributed by atoms with Crippen LogP contribution in [0.5, 0.6) is 0 Å². The molecule has 0 amide bonds. The number of hydrogen-bond donors (Lipinski definition) is 1. The summed E-state index contributed by atoms with van der Waals surface area (Å²) in [4.78, 5) is 0. The molecule has 0 saturated heterocycles. The molecule has 0 aromatic heterocycles. The zero-order valence-electron chi connectivity index (χ0n) is 8.39. The van der Waals surface area contributed by atoms with E-state index in [2.05, 4.69) is 5.32 Å². The lowest BCUT2D eigenvalue weighted by atomic mass is 9.95. The van der Waals surface area contributed by atoms with E-state index in [-0.39, 0.29) is 12.7 Å². The molecular formula is C10H20FNO. The first-order chi connectivity index (χ1) is 6.36. The fraction of sp³-hybridized carbons (Fsp3) is 1.00. The molecule has 0 aromatic carbocycles. The summed E-state index contributed by atoms with van der Waals surface area (Å²) in [5.41, 5.74) is 0. The monoisotopic (exact) mass is 189 g/mol. The molecule has 0 aliphatic heterocycles. The zero-order valence-corrected chi connectivity index (χ0v) is 8.39. The van der Waals surface area contributed by atoms with Crippen molar-refractivity contribution in [1.29, 1.82) is 0 Å². The van der Waals surface area contributed by atoms with Gasteiger partial charge in [0.2, 0.25) is 0 Å². The lowest BCUT2D eigenvalue weighted by Crippen LogP contribution is -2.43. The molecule has 1 rings (SSSR count). The quantitative estimate of drug-likeness (QED) is 0.713. The Morgan fingerprint density at radius 3 is 2.62 bits per heavy atom. The van der Waals surface area contributed by atoms with Crippen LogP contribution in [0, 0.1) is 0 Å². The van der Waals surface area contributed by atoms with Crippen molar-refractivity contribution in [2.75, 3.05) is 20.4 Å². The third-order valence-electron chi connectivity index (χ3n) is 2.63. The molecule has 1 fully saturated rings. The fourth-order valence-corrected chi connectivity index (χ4v) is 1.94. The van der Waals surface area contributed by atoms with Crippen LogP contribution in [0.3, 0.4) is 0 Å². The summed E-state index contributed by atoms with van der Waals surface area (Å²) in [7, 11) is 1.62. The summed E-state index contributed by atoms with van der Waals surface area (Å²) >= 11 is 0. The lowest BCUT2D eigenvalue weighted by Gasteiger charge is -2.26. The highest BCUT2D eigenvalue weighted by Gasteiger charge is 2.17. The first-order valence-electron chi connectivity index (χ1n) is 5.17. The predicted molar refractivity (Wildman–Crippen MR) is 51.6 cm³/mol. The van der Waals surface area contributed by atoms with Gasteiger partial charge in [0, 0.05) is 13.2 Å². The second-order valence-electron chi connectivity index (χ2n) is 3.81. The molecule has 2 nitrogen and oxygen atoms in total. The first-order valence-corrected chi connectivity index (χ1v) is 5.17. The number of hydrogen-bond acceptors (Lipinski definition) is 2. The number of halogens is 1. The normalized spacial score (nSPS) is 21.7. The minimum atomic E-state index is -0.329. The van der Waals surface area contributed by atoms with Crippen molar-refractivity contribution < 1.29 is 9.13 Å². The molecule has 1 aliphatic carbocycles. The highest BCUT2D eigenvalue weighted by atomic mass is 19.1. The summed E-state index contributed by atoms with van der Waals surface area (Å²) in [6.07, 6.45) is 6.29. The van der Waals surface area contributed by atoms with Gasteiger partial charge in [0.25, 0.3) is 0 Å². The fourth-order valence-electron chi connectivity index (χ4n) is 1.94. The first kappa shape index (κ1) is 10.9. The Bertz CT molecular complexity index is 123. The number of ether oxygens (including phenoxy) is 1. The van der Waals surface area contributed by atoms with Crippen LogP contribution < -0.4 is 5.32 Å². The molecule has 78 valence electrons. The minimum Gasteiger partial charge on any atom is -0.383 e. The summed E-state index contributed by atoms with van der Waals surface area (Å²) in [5.74, 6) is 0. The summed E-state index contributed by atoms with van der Waals surface area (Å²) < 4.78 is 17.4. The van der Waals surface area contributed by atoms with E-state index >= 15 is 0 Å². The van der Waals surface area contributed by atoms with Crippen molar-refractivity contribution in [2.24, 2.45) is 0 Å². The van der Waals surface area contributed by atoms with E-state index < -0.39 is 0 Å². The molecule has 13 heavy (non-hydrogen) atoms. The molecule has 1 unspecified atom stereocenters. The molecule has 3 heteroatoms. The number of nitrogens with one attached hydrogen (secondary N) is 1. The van der Waals surface area contributed by atoms with E-state index in [0.717, 1.165) is 0 Å². The smallest absolute Gasteiger partial charge is 0.107 e. The van der Waals surface area contributed by atoms with Crippen LogP contribution in [0.2, 0.25) is 0 Å². The molecule has 1 atom stereocenters. The number of alkyl halides is 1. The van der Waals surface area contributed by atoms with Gasteiger partial charge in [-0.25, -0.2) is 4.39 Å². The van der Waals surface area contributed by atoms with Gasteiger partial charge in [-0.15, -0.1) is 0 Å². The largest absolute Gasteiger partial charge is 0.383 e. The van der Waals surface area contributed by atoms with Crippen LogP contribution in [-0.2, 0) is 4.74 Å². The molecule has 1 saturated carbocycles. The van der Waals surface area contributed by atoms with Gasteiger partial charge in [0.1, 0.15) is 6.67 Å². The van der Waals surface area contributed by atoms with E-state index in [0.29, 0.717) is 12.6 Å². The molecule has 0 radical (unpaired) electrons. The summed E-state index contributed by atoms with van der Waals surface area (Å²) in [5, 5.41) is 3.31. The average molecular weight is 189 g/mol. The third-order valence-corrected chi connectivity index (χ3v) is 2.63. The van der Waals surface area contributed by atoms with Gasteiger partial charge >= 0.3 is 0 Å². The van der Waals surface area contributed by atoms with Gasteiger partial charge in [0.05, 0.1) is 12.6 Å². The van der Waals surface area contributed by atoms with Crippen molar-refractivity contribution in [2.45, 2.75) is 44.2 Å². The molecule has 1 N–H and O–H groups in total. The van der Waals surface area contributed by atoms with E-state index in [4.69, 9.17) is 4.74 Å². The van der Waals surface area contributed by atoms with Crippen LogP contribution >= 0.6 is 0 Å². The Hall–Kier alpha value is -0.150. The van der Waals surface area contributed by atoms with Gasteiger partial charge in [-0.1, -0.05) is 19.3 Å². The van der Waals surface area contributed by atoms with Crippen molar-refractivity contribution in [1.82, 2.24) is 5.32 Å². The van der Waals surface area contributed by atoms with E-state index in [1.54, 1.807) is 7.11 Å². The Morgan fingerprint density at radius 1 is 1.38 bits per heavy atom. The molecule has 0 aromatic rings. The topological polar surface area (TPSA) is 21.3 Å². The van der Waals surface area contributed by atoms with Crippen LogP contribution in [-0.4, -0.2) is 32.5 Å². The zero-order chi connectivity index (χ0) is 9.52. The Labute approximate surface area is 79.8 Å². The highest BCUT2D eigenvalue weighted by molar-refractivity contribution is 4.76. The predicted octanol–water partition coefficient (Wildman–Crippen LogP) is 1.89. The minimum absolute atomic E-state index is 0.104. The maximum atomic E-state index is 12.5. The molecular weight excluding hydrogens is 169 g/mol. The Balaban J connectivity index is 2.18. The van der Waals surface area contributed by atoms with Crippen molar-refractivity contribution in [3.63, 3.8) is 0 Å². The third kappa shape index (κ3) is 4.05. The van der Waals surface area contributed by atoms with Gasteiger partial charge in [0.15, 0.2) is 0 Å². The number of rotatable bonds is 5. The van der Waals surface area contributed by atoms with Crippen LogP contribution in [0.15, 0.2) is 0 Å². The SMILES string of the molecule is COCC(CF)NC1CCCCC1. The van der Waals surface area contributed by atoms with Crippen LogP contribution in [0.4, 0.5) is 4.39 Å². The maximum Gasteiger partial charge on any atom is 0.107 e. The second kappa shape index (κ2) is 6.33. The van der Waals surface area contributed by atoms with Crippen LogP contribution in [0.1, 0.15) is 32.1 Å². The van der Waals surface area contributed by atoms with Crippen molar-refractivity contribution in [3.05, 3.63) is 0 Å². The Morgan fingerprint density at radius 2 is 2.08 bits per heavy atom. The summed E-state index contributed by atoms with van der Waals surface area (Å²) in [6.45, 7) is 0.150. The maximum absolute atomic E-state index is 12.5. The van der Waals surface area contributed by atoms with Gasteiger partial charge in [-0.2, -0.15) is 0 Å². The Kier molecular flexibility index (Phi) is 5.32. The van der Waals surface area contributed by atoms with E-state index in [1.165, 1.54) is 32.1 Å². The highest BCUT2D eigenvalue weighted by Crippen LogP contribution is 2.17. The van der Waals surface area contributed by atoms with Crippen molar-refractivity contribution in [3.8, 4) is 0 Å². The molecule has 0 heterocycles. The average Bonchev–Trinajstić information content (AvgIpc) is 2.19. The number of methoxy groups -OCH3 is 1. The van der Waals surface area contributed by atoms with Gasteiger partial charge in [-0.05, 0) is 12.8 Å². The van der Waals surface area contributed by atoms with Crippen LogP contribution in [0.25, 0.3) is 0 Å². The van der Waals surface area contributed by atoms with Crippen molar-refractivity contribution >= 4 is 0 Å². The van der Waals surface area contributed by atoms with E-state index in [9.17, 15) is 4.39 Å². The van der Waals surface area contributed by atoms with E-state index in [1.807, 2.05) is 0 Å². The summed E-state index contributed by atoms with van der Waals surface area (Å²) in [6, 6.07) is 0.415.